The second kappa shape index (κ2) is 3.70. The van der Waals surface area contributed by atoms with Gasteiger partial charge in [0.05, 0.1) is 5.41 Å². The second-order valence-corrected chi connectivity index (χ2v) is 4.92. The molecule has 1 N–H and O–H groups in total. The number of amidine groups is 1. The van der Waals surface area contributed by atoms with Crippen LogP contribution in [0.2, 0.25) is 0 Å². The molecule has 0 aliphatic carbocycles. The summed E-state index contributed by atoms with van der Waals surface area (Å²) in [5.41, 5.74) is 3.18. The van der Waals surface area contributed by atoms with Crippen molar-refractivity contribution in [2.75, 3.05) is 11.9 Å². The Morgan fingerprint density at radius 3 is 2.28 bits per heavy atom. The van der Waals surface area contributed by atoms with Crippen LogP contribution in [-0.2, 0) is 5.41 Å². The standard InChI is InChI=1S/C16H16N2/c1-16(12-8-4-3-5-9-12)13-10-6-7-11-14(13)18(2)15(16)17/h3-11,17H,1-2H3. The topological polar surface area (TPSA) is 27.1 Å². The van der Waals surface area contributed by atoms with Crippen molar-refractivity contribution in [3.8, 4) is 0 Å². The molecular weight excluding hydrogens is 220 g/mol. The Hall–Kier alpha value is -2.09. The van der Waals surface area contributed by atoms with E-state index in [1.54, 1.807) is 0 Å². The van der Waals surface area contributed by atoms with E-state index >= 15 is 0 Å². The molecule has 2 aromatic rings. The zero-order valence-corrected chi connectivity index (χ0v) is 10.6. The first kappa shape index (κ1) is 11.0. The maximum Gasteiger partial charge on any atom is 0.115 e. The van der Waals surface area contributed by atoms with Gasteiger partial charge >= 0.3 is 0 Å². The average molecular weight is 236 g/mol. The van der Waals surface area contributed by atoms with Gasteiger partial charge in [0.25, 0.3) is 0 Å². The molecule has 2 heteroatoms. The van der Waals surface area contributed by atoms with Crippen LogP contribution in [0.15, 0.2) is 54.6 Å². The minimum Gasteiger partial charge on any atom is -0.332 e. The summed E-state index contributed by atoms with van der Waals surface area (Å²) in [5.74, 6) is 0.634. The first-order chi connectivity index (χ1) is 8.65. The third-order valence-electron chi connectivity index (χ3n) is 3.96. The van der Waals surface area contributed by atoms with Crippen LogP contribution in [0.25, 0.3) is 0 Å². The normalized spacial score (nSPS) is 22.1. The Morgan fingerprint density at radius 1 is 0.944 bits per heavy atom. The lowest BCUT2D eigenvalue weighted by atomic mass is 9.77. The molecule has 2 aromatic carbocycles. The van der Waals surface area contributed by atoms with Crippen LogP contribution in [0.5, 0.6) is 0 Å². The molecule has 0 fully saturated rings. The summed E-state index contributed by atoms with van der Waals surface area (Å²) in [7, 11) is 1.97. The Bertz CT molecular complexity index is 604. The third-order valence-corrected chi connectivity index (χ3v) is 3.96. The number of hydrogen-bond donors (Lipinski definition) is 1. The van der Waals surface area contributed by atoms with Crippen LogP contribution in [0.1, 0.15) is 18.1 Å². The number of benzene rings is 2. The van der Waals surface area contributed by atoms with Crippen LogP contribution in [-0.4, -0.2) is 12.9 Å². The van der Waals surface area contributed by atoms with Gasteiger partial charge in [0, 0.05) is 12.7 Å². The van der Waals surface area contributed by atoms with Crippen molar-refractivity contribution in [1.29, 1.82) is 5.41 Å². The molecule has 1 atom stereocenters. The molecular formula is C16H16N2. The van der Waals surface area contributed by atoms with Gasteiger partial charge in [0.2, 0.25) is 0 Å². The summed E-state index contributed by atoms with van der Waals surface area (Å²) >= 11 is 0. The van der Waals surface area contributed by atoms with Gasteiger partial charge in [-0.3, -0.25) is 5.41 Å². The Balaban J connectivity index is 2.27. The van der Waals surface area contributed by atoms with Crippen molar-refractivity contribution in [2.45, 2.75) is 12.3 Å². The van der Waals surface area contributed by atoms with E-state index in [9.17, 15) is 0 Å². The van der Waals surface area contributed by atoms with E-state index in [4.69, 9.17) is 5.41 Å². The number of hydrogen-bond acceptors (Lipinski definition) is 1. The molecule has 0 saturated carbocycles. The molecule has 1 unspecified atom stereocenters. The van der Waals surface area contributed by atoms with E-state index in [0.29, 0.717) is 5.84 Å². The lowest BCUT2D eigenvalue weighted by Crippen LogP contribution is -2.36. The zero-order chi connectivity index (χ0) is 12.8. The fraction of sp³-hybridized carbons (Fsp3) is 0.188. The number of nitrogens with one attached hydrogen (secondary N) is 1. The van der Waals surface area contributed by atoms with E-state index in [-0.39, 0.29) is 5.41 Å². The maximum atomic E-state index is 8.46. The molecule has 3 rings (SSSR count). The highest BCUT2D eigenvalue weighted by molar-refractivity contribution is 6.11. The van der Waals surface area contributed by atoms with Crippen molar-refractivity contribution in [1.82, 2.24) is 0 Å². The molecule has 0 spiro atoms. The van der Waals surface area contributed by atoms with Crippen molar-refractivity contribution in [3.63, 3.8) is 0 Å². The molecule has 0 aromatic heterocycles. The molecule has 90 valence electrons. The minimum atomic E-state index is -0.341. The molecule has 0 amide bonds. The van der Waals surface area contributed by atoms with Gasteiger partial charge in [-0.2, -0.15) is 0 Å². The van der Waals surface area contributed by atoms with E-state index in [0.717, 1.165) is 5.69 Å². The zero-order valence-electron chi connectivity index (χ0n) is 10.6. The van der Waals surface area contributed by atoms with E-state index in [1.165, 1.54) is 11.1 Å². The molecule has 1 aliphatic heterocycles. The van der Waals surface area contributed by atoms with E-state index in [1.807, 2.05) is 42.3 Å². The fourth-order valence-electron chi connectivity index (χ4n) is 2.84. The maximum absolute atomic E-state index is 8.46. The number of nitrogens with zero attached hydrogens (tertiary/aromatic N) is 1. The van der Waals surface area contributed by atoms with Crippen LogP contribution < -0.4 is 4.90 Å². The molecule has 18 heavy (non-hydrogen) atoms. The first-order valence-electron chi connectivity index (χ1n) is 6.13. The summed E-state index contributed by atoms with van der Waals surface area (Å²) in [6, 6.07) is 18.6. The smallest absolute Gasteiger partial charge is 0.115 e. The number of para-hydroxylation sites is 1. The van der Waals surface area contributed by atoms with Gasteiger partial charge in [-0.25, -0.2) is 0 Å². The summed E-state index contributed by atoms with van der Waals surface area (Å²) in [6.45, 7) is 2.13. The molecule has 0 bridgehead atoms. The summed E-state index contributed by atoms with van der Waals surface area (Å²) in [6.07, 6.45) is 0. The Morgan fingerprint density at radius 2 is 1.56 bits per heavy atom. The largest absolute Gasteiger partial charge is 0.332 e. The van der Waals surface area contributed by atoms with Gasteiger partial charge in [-0.15, -0.1) is 0 Å². The minimum absolute atomic E-state index is 0.341. The number of rotatable bonds is 1. The van der Waals surface area contributed by atoms with Gasteiger partial charge in [-0.05, 0) is 24.1 Å². The lowest BCUT2D eigenvalue weighted by Gasteiger charge is -2.26. The highest BCUT2D eigenvalue weighted by atomic mass is 15.2. The van der Waals surface area contributed by atoms with Crippen LogP contribution in [0.3, 0.4) is 0 Å². The highest BCUT2D eigenvalue weighted by Gasteiger charge is 2.43. The highest BCUT2D eigenvalue weighted by Crippen LogP contribution is 2.45. The molecule has 0 saturated heterocycles. The van der Waals surface area contributed by atoms with Crippen molar-refractivity contribution >= 4 is 11.5 Å². The molecule has 0 radical (unpaired) electrons. The van der Waals surface area contributed by atoms with Crippen LogP contribution in [0.4, 0.5) is 5.69 Å². The second-order valence-electron chi connectivity index (χ2n) is 4.92. The average Bonchev–Trinajstić information content (AvgIpc) is 2.64. The van der Waals surface area contributed by atoms with Crippen molar-refractivity contribution < 1.29 is 0 Å². The third kappa shape index (κ3) is 1.26. The summed E-state index contributed by atoms with van der Waals surface area (Å²) in [4.78, 5) is 1.97. The van der Waals surface area contributed by atoms with Crippen molar-refractivity contribution in [3.05, 3.63) is 65.7 Å². The predicted molar refractivity (Wildman–Crippen MR) is 75.5 cm³/mol. The number of likely N-dealkylation sites (N-methyl/N-ethyl adjacent to an activating group) is 1. The monoisotopic (exact) mass is 236 g/mol. The number of fused-ring (bicyclic) bond motifs is 1. The molecule has 1 aliphatic rings. The summed E-state index contributed by atoms with van der Waals surface area (Å²) in [5, 5.41) is 8.46. The predicted octanol–water partition coefficient (Wildman–Crippen LogP) is 3.42. The van der Waals surface area contributed by atoms with Gasteiger partial charge < -0.3 is 4.90 Å². The van der Waals surface area contributed by atoms with E-state index < -0.39 is 0 Å². The Kier molecular flexibility index (Phi) is 2.27. The quantitative estimate of drug-likeness (QED) is 0.807. The Labute approximate surface area is 107 Å². The molecule has 2 nitrogen and oxygen atoms in total. The van der Waals surface area contributed by atoms with E-state index in [2.05, 4.69) is 31.2 Å². The lowest BCUT2D eigenvalue weighted by molar-refractivity contribution is 0.782. The van der Waals surface area contributed by atoms with Crippen LogP contribution in [0, 0.1) is 5.41 Å². The fourth-order valence-corrected chi connectivity index (χ4v) is 2.84. The van der Waals surface area contributed by atoms with Crippen LogP contribution >= 0.6 is 0 Å². The van der Waals surface area contributed by atoms with Crippen molar-refractivity contribution in [2.24, 2.45) is 0 Å². The van der Waals surface area contributed by atoms with Gasteiger partial charge in [0.15, 0.2) is 0 Å². The van der Waals surface area contributed by atoms with Gasteiger partial charge in [0.1, 0.15) is 5.84 Å². The first-order valence-corrected chi connectivity index (χ1v) is 6.13. The SMILES string of the molecule is CN1C(=N)C(C)(c2ccccc2)c2ccccc21. The number of anilines is 1. The summed E-state index contributed by atoms with van der Waals surface area (Å²) < 4.78 is 0. The molecule has 1 heterocycles. The van der Waals surface area contributed by atoms with Gasteiger partial charge in [-0.1, -0.05) is 48.5 Å².